The van der Waals surface area contributed by atoms with Gasteiger partial charge in [-0.05, 0) is 31.1 Å². The number of hydrogen-bond acceptors (Lipinski definition) is 1. The Morgan fingerprint density at radius 3 is 1.19 bits per heavy atom. The molecule has 0 bridgehead atoms. The van der Waals surface area contributed by atoms with Crippen LogP contribution in [0.2, 0.25) is 0 Å². The Labute approximate surface area is 164 Å². The molecule has 1 nitrogen and oxygen atoms in total. The van der Waals surface area contributed by atoms with E-state index >= 15 is 0 Å². The number of rotatable bonds is 18. The van der Waals surface area contributed by atoms with Gasteiger partial charge in [-0.3, -0.25) is 0 Å². The molecular formula is C25H44O. The zero-order valence-electron chi connectivity index (χ0n) is 17.6. The summed E-state index contributed by atoms with van der Waals surface area (Å²) in [7, 11) is 0. The van der Waals surface area contributed by atoms with Crippen molar-refractivity contribution in [2.75, 3.05) is 6.61 Å². The van der Waals surface area contributed by atoms with Crippen LogP contribution in [-0.2, 0) is 0 Å². The maximum Gasteiger partial charge on any atom is 0.0431 e. The van der Waals surface area contributed by atoms with Crippen molar-refractivity contribution in [1.29, 1.82) is 0 Å². The van der Waals surface area contributed by atoms with Gasteiger partial charge in [-0.2, -0.15) is 0 Å². The first-order valence-electron chi connectivity index (χ1n) is 11.5. The Morgan fingerprint density at radius 2 is 0.808 bits per heavy atom. The average Bonchev–Trinajstić information content (AvgIpc) is 2.66. The van der Waals surface area contributed by atoms with Gasteiger partial charge in [-0.25, -0.2) is 0 Å². The Morgan fingerprint density at radius 1 is 0.462 bits per heavy atom. The summed E-state index contributed by atoms with van der Waals surface area (Å²) >= 11 is 0. The highest BCUT2D eigenvalue weighted by atomic mass is 16.2. The summed E-state index contributed by atoms with van der Waals surface area (Å²) in [4.78, 5) is 0. The van der Waals surface area contributed by atoms with Crippen molar-refractivity contribution in [2.45, 2.75) is 129 Å². The minimum absolute atomic E-state index is 0.352. The molecule has 0 aliphatic heterocycles. The van der Waals surface area contributed by atoms with Gasteiger partial charge in [-0.15, -0.1) is 0 Å². The molecule has 0 spiro atoms. The summed E-state index contributed by atoms with van der Waals surface area (Å²) in [6, 6.07) is 0. The SMILES string of the molecule is CCCCCCCCCCC#CC#CCCCCCCCCCCCO. The predicted molar refractivity (Wildman–Crippen MR) is 116 cm³/mol. The molecule has 0 fully saturated rings. The fourth-order valence-electron chi connectivity index (χ4n) is 3.12. The maximum absolute atomic E-state index is 8.71. The zero-order chi connectivity index (χ0) is 19.0. The van der Waals surface area contributed by atoms with Crippen molar-refractivity contribution in [3.8, 4) is 23.7 Å². The first-order chi connectivity index (χ1) is 12.9. The van der Waals surface area contributed by atoms with Crippen molar-refractivity contribution in [2.24, 2.45) is 0 Å². The molecule has 0 aliphatic rings. The summed E-state index contributed by atoms with van der Waals surface area (Å²) < 4.78 is 0. The number of aliphatic hydroxyl groups is 1. The molecule has 26 heavy (non-hydrogen) atoms. The van der Waals surface area contributed by atoms with Crippen LogP contribution < -0.4 is 0 Å². The Hall–Kier alpha value is -0.920. The summed E-state index contributed by atoms with van der Waals surface area (Å²) in [5.74, 6) is 12.4. The van der Waals surface area contributed by atoms with E-state index in [0.717, 1.165) is 19.3 Å². The quantitative estimate of drug-likeness (QED) is 0.199. The normalized spacial score (nSPS) is 10.1. The van der Waals surface area contributed by atoms with Gasteiger partial charge in [0.15, 0.2) is 0 Å². The highest BCUT2D eigenvalue weighted by Gasteiger charge is 1.92. The molecule has 0 amide bonds. The number of hydrogen-bond donors (Lipinski definition) is 1. The molecular weight excluding hydrogens is 316 g/mol. The van der Waals surface area contributed by atoms with Gasteiger partial charge >= 0.3 is 0 Å². The van der Waals surface area contributed by atoms with E-state index in [4.69, 9.17) is 5.11 Å². The predicted octanol–water partition coefficient (Wildman–Crippen LogP) is 7.42. The molecule has 150 valence electrons. The smallest absolute Gasteiger partial charge is 0.0431 e. The molecule has 0 aliphatic carbocycles. The van der Waals surface area contributed by atoms with Crippen LogP contribution in [0.3, 0.4) is 0 Å². The molecule has 0 aromatic carbocycles. The van der Waals surface area contributed by atoms with Gasteiger partial charge < -0.3 is 5.11 Å². The first-order valence-corrected chi connectivity index (χ1v) is 11.5. The third kappa shape index (κ3) is 23.1. The fourth-order valence-corrected chi connectivity index (χ4v) is 3.12. The van der Waals surface area contributed by atoms with E-state index in [2.05, 4.69) is 30.6 Å². The van der Waals surface area contributed by atoms with Gasteiger partial charge in [0.25, 0.3) is 0 Å². The van der Waals surface area contributed by atoms with Crippen molar-refractivity contribution in [3.05, 3.63) is 0 Å². The highest BCUT2D eigenvalue weighted by molar-refractivity contribution is 5.25. The number of unbranched alkanes of at least 4 members (excludes halogenated alkanes) is 17. The first kappa shape index (κ1) is 25.1. The molecule has 1 N–H and O–H groups in total. The molecule has 0 saturated heterocycles. The van der Waals surface area contributed by atoms with Crippen molar-refractivity contribution in [1.82, 2.24) is 0 Å². The van der Waals surface area contributed by atoms with Crippen molar-refractivity contribution < 1.29 is 5.11 Å². The van der Waals surface area contributed by atoms with E-state index in [1.54, 1.807) is 0 Å². The van der Waals surface area contributed by atoms with E-state index in [-0.39, 0.29) is 0 Å². The molecule has 0 aromatic rings. The largest absolute Gasteiger partial charge is 0.396 e. The van der Waals surface area contributed by atoms with Gasteiger partial charge in [-0.1, -0.05) is 109 Å². The topological polar surface area (TPSA) is 20.2 Å². The van der Waals surface area contributed by atoms with Gasteiger partial charge in [0.2, 0.25) is 0 Å². The molecule has 0 aromatic heterocycles. The highest BCUT2D eigenvalue weighted by Crippen LogP contribution is 2.10. The molecule has 0 radical (unpaired) electrons. The van der Waals surface area contributed by atoms with Crippen LogP contribution >= 0.6 is 0 Å². The molecule has 0 atom stereocenters. The van der Waals surface area contributed by atoms with E-state index in [9.17, 15) is 0 Å². The van der Waals surface area contributed by atoms with Gasteiger partial charge in [0.05, 0.1) is 0 Å². The lowest BCUT2D eigenvalue weighted by molar-refractivity contribution is 0.282. The lowest BCUT2D eigenvalue weighted by Gasteiger charge is -2.00. The van der Waals surface area contributed by atoms with E-state index in [0.29, 0.717) is 6.61 Å². The van der Waals surface area contributed by atoms with Gasteiger partial charge in [0, 0.05) is 19.4 Å². The zero-order valence-corrected chi connectivity index (χ0v) is 17.6. The van der Waals surface area contributed by atoms with E-state index in [1.165, 1.54) is 103 Å². The molecule has 1 heteroatoms. The second-order valence-electron chi connectivity index (χ2n) is 7.48. The standard InChI is InChI=1S/C25H44O/c1-2-3-4-5-6-7-8-9-10-11-12-13-14-15-16-17-18-19-20-21-22-23-24-25-26/h26H,2-10,15-25H2,1H3. The third-order valence-corrected chi connectivity index (χ3v) is 4.85. The van der Waals surface area contributed by atoms with Crippen molar-refractivity contribution in [3.63, 3.8) is 0 Å². The van der Waals surface area contributed by atoms with Crippen LogP contribution in [0.15, 0.2) is 0 Å². The monoisotopic (exact) mass is 360 g/mol. The van der Waals surface area contributed by atoms with Crippen LogP contribution in [0.1, 0.15) is 129 Å². The molecule has 0 unspecified atom stereocenters. The summed E-state index contributed by atoms with van der Waals surface area (Å²) in [6.07, 6.45) is 24.3. The van der Waals surface area contributed by atoms with Crippen LogP contribution in [-0.4, -0.2) is 11.7 Å². The lowest BCUT2D eigenvalue weighted by atomic mass is 10.1. The fraction of sp³-hybridized carbons (Fsp3) is 0.840. The third-order valence-electron chi connectivity index (χ3n) is 4.85. The van der Waals surface area contributed by atoms with Gasteiger partial charge in [0.1, 0.15) is 0 Å². The molecule has 0 rings (SSSR count). The Balaban J connectivity index is 3.22. The summed E-state index contributed by atoms with van der Waals surface area (Å²) in [5, 5.41) is 8.71. The maximum atomic E-state index is 8.71. The second kappa shape index (κ2) is 24.1. The lowest BCUT2D eigenvalue weighted by Crippen LogP contribution is -1.84. The Kier molecular flexibility index (Phi) is 23.2. The van der Waals surface area contributed by atoms with E-state index < -0.39 is 0 Å². The van der Waals surface area contributed by atoms with E-state index in [1.807, 2.05) is 0 Å². The molecule has 0 heterocycles. The minimum Gasteiger partial charge on any atom is -0.396 e. The minimum atomic E-state index is 0.352. The molecule has 0 saturated carbocycles. The average molecular weight is 361 g/mol. The number of aliphatic hydroxyl groups excluding tert-OH is 1. The summed E-state index contributed by atoms with van der Waals surface area (Å²) in [5.41, 5.74) is 0. The van der Waals surface area contributed by atoms with Crippen LogP contribution in [0.5, 0.6) is 0 Å². The van der Waals surface area contributed by atoms with Crippen LogP contribution in [0, 0.1) is 23.7 Å². The second-order valence-corrected chi connectivity index (χ2v) is 7.48. The summed E-state index contributed by atoms with van der Waals surface area (Å²) in [6.45, 7) is 2.62. The van der Waals surface area contributed by atoms with Crippen molar-refractivity contribution >= 4 is 0 Å². The van der Waals surface area contributed by atoms with Crippen LogP contribution in [0.4, 0.5) is 0 Å². The van der Waals surface area contributed by atoms with Crippen LogP contribution in [0.25, 0.3) is 0 Å². The Bertz CT molecular complexity index is 376.